The van der Waals surface area contributed by atoms with E-state index >= 15 is 0 Å². The summed E-state index contributed by atoms with van der Waals surface area (Å²) < 4.78 is 27.8. The summed E-state index contributed by atoms with van der Waals surface area (Å²) in [6.07, 6.45) is 7.52. The third-order valence-corrected chi connectivity index (χ3v) is 14.3. The summed E-state index contributed by atoms with van der Waals surface area (Å²) in [7, 11) is -2.98. The van der Waals surface area contributed by atoms with Crippen molar-refractivity contribution in [2.75, 3.05) is 0 Å². The van der Waals surface area contributed by atoms with Gasteiger partial charge in [0.25, 0.3) is 0 Å². The molecule has 0 aromatic heterocycles. The van der Waals surface area contributed by atoms with E-state index in [1.54, 1.807) is 0 Å². The Hall–Kier alpha value is -4.62. The highest BCUT2D eigenvalue weighted by Crippen LogP contribution is 2.46. The lowest BCUT2D eigenvalue weighted by molar-refractivity contribution is 0.490. The standard InChI is InChI=1S/C54H64O4P2/c1-11-39-19-29-51(43(15-5)33-39)55-59(56-52-30-20-40(12-2)34-44(52)16-6)49-25-21-47(22-26-49)48-23-27-50(28-24-48)60(57-53-37(9)31-41(13-3)35-45(53)17-7)58-54-38(10)32-42(14-4)36-46(54)18-8/h19-36H,11-18H2,1-10H3. The van der Waals surface area contributed by atoms with Gasteiger partial charge >= 0.3 is 16.8 Å². The second-order valence-corrected chi connectivity index (χ2v) is 18.3. The quantitative estimate of drug-likeness (QED) is 0.0762. The average molecular weight is 839 g/mol. The maximum atomic E-state index is 7.03. The number of rotatable bonds is 19. The minimum atomic E-state index is -1.50. The van der Waals surface area contributed by atoms with Crippen molar-refractivity contribution < 1.29 is 18.1 Å². The first kappa shape index (κ1) is 44.9. The molecule has 6 rings (SSSR count). The normalized spacial score (nSPS) is 11.3. The van der Waals surface area contributed by atoms with Crippen molar-refractivity contribution in [1.82, 2.24) is 0 Å². The third kappa shape index (κ3) is 10.6. The zero-order valence-electron chi connectivity index (χ0n) is 37.6. The summed E-state index contributed by atoms with van der Waals surface area (Å²) in [5, 5.41) is 2.05. The van der Waals surface area contributed by atoms with Crippen LogP contribution in [0, 0.1) is 13.8 Å². The third-order valence-electron chi connectivity index (χ3n) is 11.4. The maximum Gasteiger partial charge on any atom is 0.326 e. The Morgan fingerprint density at radius 3 is 1.00 bits per heavy atom. The minimum Gasteiger partial charge on any atom is -0.435 e. The lowest BCUT2D eigenvalue weighted by Crippen LogP contribution is -2.13. The molecule has 6 aromatic carbocycles. The molecule has 0 fully saturated rings. The predicted molar refractivity (Wildman–Crippen MR) is 258 cm³/mol. The Labute approximate surface area is 363 Å². The SMILES string of the molecule is CCc1ccc(OP(Oc2ccc(CC)cc2CC)c2ccc(-c3ccc(P(Oc4c(C)cc(CC)cc4CC)Oc4c(C)cc(CC)cc4CC)cc3)cc2)c(CC)c1. The summed E-state index contributed by atoms with van der Waals surface area (Å²) in [6, 6.07) is 39.6. The van der Waals surface area contributed by atoms with E-state index in [9.17, 15) is 0 Å². The fourth-order valence-electron chi connectivity index (χ4n) is 7.63. The molecule has 0 heterocycles. The molecule has 0 atom stereocenters. The smallest absolute Gasteiger partial charge is 0.326 e. The van der Waals surface area contributed by atoms with Crippen molar-refractivity contribution in [1.29, 1.82) is 0 Å². The van der Waals surface area contributed by atoms with E-state index in [-0.39, 0.29) is 0 Å². The van der Waals surface area contributed by atoms with Crippen molar-refractivity contribution in [3.8, 4) is 34.1 Å². The van der Waals surface area contributed by atoms with Gasteiger partial charge in [-0.05, 0) is 168 Å². The molecule has 6 aromatic rings. The summed E-state index contributed by atoms with van der Waals surface area (Å²) in [4.78, 5) is 0. The van der Waals surface area contributed by atoms with Crippen LogP contribution in [0.4, 0.5) is 0 Å². The van der Waals surface area contributed by atoms with E-state index in [2.05, 4.69) is 178 Å². The van der Waals surface area contributed by atoms with Crippen LogP contribution in [0.3, 0.4) is 0 Å². The van der Waals surface area contributed by atoms with Crippen molar-refractivity contribution in [2.45, 2.75) is 121 Å². The van der Waals surface area contributed by atoms with Crippen molar-refractivity contribution in [3.05, 3.63) is 165 Å². The van der Waals surface area contributed by atoms with Gasteiger partial charge in [-0.25, -0.2) is 0 Å². The van der Waals surface area contributed by atoms with Crippen LogP contribution in [0.1, 0.15) is 111 Å². The van der Waals surface area contributed by atoms with E-state index in [1.807, 2.05) is 0 Å². The second kappa shape index (κ2) is 21.3. The van der Waals surface area contributed by atoms with Crippen molar-refractivity contribution >= 4 is 27.4 Å². The molecule has 0 aliphatic heterocycles. The highest BCUT2D eigenvalue weighted by molar-refractivity contribution is 7.57. The summed E-state index contributed by atoms with van der Waals surface area (Å²) in [5.74, 6) is 3.63. The van der Waals surface area contributed by atoms with E-state index in [1.165, 1.54) is 44.5 Å². The first-order chi connectivity index (χ1) is 29.1. The Morgan fingerprint density at radius 1 is 0.333 bits per heavy atom. The monoisotopic (exact) mass is 838 g/mol. The predicted octanol–water partition coefficient (Wildman–Crippen LogP) is 14.7. The van der Waals surface area contributed by atoms with Gasteiger partial charge in [0.2, 0.25) is 0 Å². The van der Waals surface area contributed by atoms with Crippen LogP contribution in [0.25, 0.3) is 11.1 Å². The van der Waals surface area contributed by atoms with Gasteiger partial charge in [0, 0.05) is 0 Å². The molecule has 60 heavy (non-hydrogen) atoms. The highest BCUT2D eigenvalue weighted by Gasteiger charge is 2.25. The number of aryl methyl sites for hydroxylation is 10. The number of hydrogen-bond acceptors (Lipinski definition) is 4. The van der Waals surface area contributed by atoms with Crippen molar-refractivity contribution in [2.24, 2.45) is 0 Å². The molecule has 0 bridgehead atoms. The van der Waals surface area contributed by atoms with Gasteiger partial charge in [0.15, 0.2) is 0 Å². The van der Waals surface area contributed by atoms with Gasteiger partial charge < -0.3 is 18.1 Å². The molecule has 0 aliphatic carbocycles. The van der Waals surface area contributed by atoms with Crippen LogP contribution >= 0.6 is 16.8 Å². The second-order valence-electron chi connectivity index (χ2n) is 15.5. The van der Waals surface area contributed by atoms with Crippen LogP contribution in [0.15, 0.2) is 109 Å². The Kier molecular flexibility index (Phi) is 15.9. The van der Waals surface area contributed by atoms with Gasteiger partial charge in [-0.1, -0.05) is 128 Å². The molecular formula is C54H64O4P2. The van der Waals surface area contributed by atoms with Crippen LogP contribution in [-0.2, 0) is 51.4 Å². The van der Waals surface area contributed by atoms with Crippen molar-refractivity contribution in [3.63, 3.8) is 0 Å². The molecule has 0 spiro atoms. The van der Waals surface area contributed by atoms with Crippen LogP contribution in [0.2, 0.25) is 0 Å². The summed E-state index contributed by atoms with van der Waals surface area (Å²) in [6.45, 7) is 21.9. The molecule has 0 radical (unpaired) electrons. The largest absolute Gasteiger partial charge is 0.435 e. The first-order valence-electron chi connectivity index (χ1n) is 22.2. The zero-order chi connectivity index (χ0) is 42.8. The van der Waals surface area contributed by atoms with Gasteiger partial charge in [0.1, 0.15) is 23.0 Å². The topological polar surface area (TPSA) is 36.9 Å². The molecular weight excluding hydrogens is 775 g/mol. The summed E-state index contributed by atoms with van der Waals surface area (Å²) >= 11 is 0. The molecule has 4 nitrogen and oxygen atoms in total. The Bertz CT molecular complexity index is 2230. The Morgan fingerprint density at radius 2 is 0.667 bits per heavy atom. The van der Waals surface area contributed by atoms with Gasteiger partial charge in [-0.15, -0.1) is 0 Å². The van der Waals surface area contributed by atoms with Gasteiger partial charge in [-0.3, -0.25) is 0 Å². The molecule has 0 amide bonds. The Balaban J connectivity index is 1.33. The molecule has 0 aliphatic rings. The van der Waals surface area contributed by atoms with E-state index in [0.29, 0.717) is 0 Å². The lowest BCUT2D eigenvalue weighted by atomic mass is 10.0. The maximum absolute atomic E-state index is 7.03. The highest BCUT2D eigenvalue weighted by atomic mass is 31.2. The molecule has 0 saturated carbocycles. The first-order valence-corrected chi connectivity index (χ1v) is 24.5. The fourth-order valence-corrected chi connectivity index (χ4v) is 10.5. The molecule has 0 N–H and O–H groups in total. The van der Waals surface area contributed by atoms with E-state index < -0.39 is 16.8 Å². The lowest BCUT2D eigenvalue weighted by Gasteiger charge is -2.25. The summed E-state index contributed by atoms with van der Waals surface area (Å²) in [5.41, 5.74) is 14.6. The fraction of sp³-hybridized carbons (Fsp3) is 0.333. The zero-order valence-corrected chi connectivity index (χ0v) is 39.4. The van der Waals surface area contributed by atoms with Gasteiger partial charge in [-0.2, -0.15) is 0 Å². The van der Waals surface area contributed by atoms with Crippen LogP contribution in [0.5, 0.6) is 23.0 Å². The number of benzene rings is 6. The van der Waals surface area contributed by atoms with E-state index in [0.717, 1.165) is 107 Å². The molecule has 0 unspecified atom stereocenters. The molecule has 314 valence electrons. The number of hydrogen-bond donors (Lipinski definition) is 0. The minimum absolute atomic E-state index is 0.884. The van der Waals surface area contributed by atoms with Crippen LogP contribution in [-0.4, -0.2) is 0 Å². The average Bonchev–Trinajstić information content (AvgIpc) is 3.29. The molecule has 6 heteroatoms. The van der Waals surface area contributed by atoms with E-state index in [4.69, 9.17) is 18.1 Å². The van der Waals surface area contributed by atoms with Crippen LogP contribution < -0.4 is 28.7 Å². The van der Waals surface area contributed by atoms with Gasteiger partial charge in [0.05, 0.1) is 10.6 Å². The molecule has 0 saturated heterocycles.